The van der Waals surface area contributed by atoms with Crippen LogP contribution in [0.5, 0.6) is 5.75 Å². The first-order valence-corrected chi connectivity index (χ1v) is 10.1. The highest BCUT2D eigenvalue weighted by Crippen LogP contribution is 2.33. The lowest BCUT2D eigenvalue weighted by Gasteiger charge is -2.18. The number of esters is 1. The monoisotopic (exact) mass is 415 g/mol. The van der Waals surface area contributed by atoms with Crippen LogP contribution in [0.1, 0.15) is 29.0 Å². The van der Waals surface area contributed by atoms with Crippen molar-refractivity contribution in [3.05, 3.63) is 58.9 Å². The molecule has 4 rings (SSSR count). The van der Waals surface area contributed by atoms with Crippen LogP contribution >= 0.6 is 24.0 Å². The molecule has 144 valence electrons. The second kappa shape index (κ2) is 8.30. The Balaban J connectivity index is 1.41. The van der Waals surface area contributed by atoms with Crippen LogP contribution in [0.4, 0.5) is 0 Å². The van der Waals surface area contributed by atoms with Gasteiger partial charge in [-0.15, -0.1) is 0 Å². The van der Waals surface area contributed by atoms with E-state index in [4.69, 9.17) is 26.1 Å². The van der Waals surface area contributed by atoms with E-state index in [0.29, 0.717) is 21.5 Å². The predicted octanol–water partition coefficient (Wildman–Crippen LogP) is 3.88. The molecule has 0 saturated carbocycles. The van der Waals surface area contributed by atoms with Crippen LogP contribution in [0.3, 0.4) is 0 Å². The van der Waals surface area contributed by atoms with Gasteiger partial charge in [-0.3, -0.25) is 9.69 Å². The summed E-state index contributed by atoms with van der Waals surface area (Å²) in [6.07, 6.45) is 5.23. The van der Waals surface area contributed by atoms with Gasteiger partial charge in [0.15, 0.2) is 0 Å². The van der Waals surface area contributed by atoms with Gasteiger partial charge < -0.3 is 13.9 Å². The number of hydrogen-bond donors (Lipinski definition) is 0. The molecule has 2 fully saturated rings. The second-order valence-corrected chi connectivity index (χ2v) is 8.04. The Kier molecular flexibility index (Phi) is 5.61. The minimum Gasteiger partial charge on any atom is -0.457 e. The highest BCUT2D eigenvalue weighted by Gasteiger charge is 2.34. The molecule has 2 saturated heterocycles. The van der Waals surface area contributed by atoms with Crippen molar-refractivity contribution >= 4 is 46.3 Å². The van der Waals surface area contributed by atoms with E-state index in [9.17, 15) is 9.59 Å². The number of carbonyl (C=O) groups excluding carboxylic acids is 2. The van der Waals surface area contributed by atoms with Gasteiger partial charge >= 0.3 is 5.97 Å². The van der Waals surface area contributed by atoms with Gasteiger partial charge in [0.25, 0.3) is 5.91 Å². The van der Waals surface area contributed by atoms with Crippen molar-refractivity contribution in [3.63, 3.8) is 0 Å². The van der Waals surface area contributed by atoms with E-state index in [1.807, 2.05) is 0 Å². The summed E-state index contributed by atoms with van der Waals surface area (Å²) in [4.78, 5) is 26.7. The van der Waals surface area contributed by atoms with Crippen LogP contribution in [0.25, 0.3) is 6.08 Å². The zero-order valence-corrected chi connectivity index (χ0v) is 16.5. The molecular formula is C20H17NO5S2. The fourth-order valence-electron chi connectivity index (χ4n) is 2.98. The summed E-state index contributed by atoms with van der Waals surface area (Å²) in [5.41, 5.74) is 0.815. The average Bonchev–Trinajstić information content (AvgIpc) is 3.44. The van der Waals surface area contributed by atoms with Crippen LogP contribution in [-0.4, -0.2) is 40.4 Å². The van der Waals surface area contributed by atoms with Crippen LogP contribution in [-0.2, 0) is 9.53 Å². The molecular weight excluding hydrogens is 398 g/mol. The summed E-state index contributed by atoms with van der Waals surface area (Å²) in [6, 6.07) is 10.0. The molecule has 2 aliphatic heterocycles. The standard InChI is InChI=1S/C20H17NO5S2/c22-18-17(28-20(27)21(18)12-15-3-1-9-24-15)11-13-5-7-14(8-6-13)26-19(23)16-4-2-10-25-16/h2,4-8,10-11,15H,1,3,9,12H2/b17-11-. The van der Waals surface area contributed by atoms with Crippen molar-refractivity contribution in [1.29, 1.82) is 0 Å². The minimum atomic E-state index is -0.562. The maximum Gasteiger partial charge on any atom is 0.379 e. The van der Waals surface area contributed by atoms with Gasteiger partial charge in [-0.1, -0.05) is 36.1 Å². The topological polar surface area (TPSA) is 69.0 Å². The first kappa shape index (κ1) is 18.9. The van der Waals surface area contributed by atoms with Gasteiger partial charge in [0.2, 0.25) is 5.76 Å². The maximum absolute atomic E-state index is 12.7. The van der Waals surface area contributed by atoms with Crippen LogP contribution < -0.4 is 4.74 Å². The minimum absolute atomic E-state index is 0.0602. The Hall–Kier alpha value is -2.42. The third-order valence-corrected chi connectivity index (χ3v) is 5.77. The second-order valence-electron chi connectivity index (χ2n) is 6.36. The van der Waals surface area contributed by atoms with Crippen molar-refractivity contribution in [3.8, 4) is 5.75 Å². The quantitative estimate of drug-likeness (QED) is 0.318. The number of amides is 1. The van der Waals surface area contributed by atoms with E-state index in [0.717, 1.165) is 25.0 Å². The lowest BCUT2D eigenvalue weighted by atomic mass is 10.2. The Morgan fingerprint density at radius 3 is 2.82 bits per heavy atom. The summed E-state index contributed by atoms with van der Waals surface area (Å²) in [6.45, 7) is 1.25. The molecule has 0 spiro atoms. The number of rotatable bonds is 5. The zero-order chi connectivity index (χ0) is 19.5. The normalized spacial score (nSPS) is 20.9. The summed E-state index contributed by atoms with van der Waals surface area (Å²) in [5, 5.41) is 0. The van der Waals surface area contributed by atoms with Crippen molar-refractivity contribution in [1.82, 2.24) is 4.90 Å². The van der Waals surface area contributed by atoms with Gasteiger partial charge in [0.1, 0.15) is 10.1 Å². The van der Waals surface area contributed by atoms with Crippen LogP contribution in [0, 0.1) is 0 Å². The van der Waals surface area contributed by atoms with Crippen molar-refractivity contribution < 1.29 is 23.5 Å². The molecule has 2 aliphatic rings. The van der Waals surface area contributed by atoms with Gasteiger partial charge in [-0.05, 0) is 48.7 Å². The fraction of sp³-hybridized carbons (Fsp3) is 0.250. The van der Waals surface area contributed by atoms with E-state index in [1.165, 1.54) is 24.1 Å². The molecule has 28 heavy (non-hydrogen) atoms. The number of benzene rings is 1. The summed E-state index contributed by atoms with van der Waals surface area (Å²) >= 11 is 6.65. The molecule has 0 bridgehead atoms. The molecule has 8 heteroatoms. The predicted molar refractivity (Wildman–Crippen MR) is 109 cm³/mol. The van der Waals surface area contributed by atoms with E-state index in [2.05, 4.69) is 0 Å². The van der Waals surface area contributed by atoms with Gasteiger partial charge in [0, 0.05) is 6.61 Å². The number of thioether (sulfide) groups is 1. The Labute approximate surface area is 171 Å². The lowest BCUT2D eigenvalue weighted by molar-refractivity contribution is -0.123. The lowest BCUT2D eigenvalue weighted by Crippen LogP contribution is -2.35. The Bertz CT molecular complexity index is 915. The summed E-state index contributed by atoms with van der Waals surface area (Å²) < 4.78 is 16.4. The largest absolute Gasteiger partial charge is 0.457 e. The van der Waals surface area contributed by atoms with Crippen LogP contribution in [0.15, 0.2) is 52.0 Å². The van der Waals surface area contributed by atoms with Gasteiger partial charge in [0.05, 0.1) is 23.8 Å². The van der Waals surface area contributed by atoms with Crippen molar-refractivity contribution in [2.45, 2.75) is 18.9 Å². The number of thiocarbonyl (C=S) groups is 1. The molecule has 1 unspecified atom stereocenters. The molecule has 3 heterocycles. The molecule has 0 N–H and O–H groups in total. The van der Waals surface area contributed by atoms with E-state index in [-0.39, 0.29) is 17.8 Å². The molecule has 2 aromatic rings. The number of ether oxygens (including phenoxy) is 2. The summed E-state index contributed by atoms with van der Waals surface area (Å²) in [7, 11) is 0. The van der Waals surface area contributed by atoms with Crippen molar-refractivity contribution in [2.75, 3.05) is 13.2 Å². The first-order chi connectivity index (χ1) is 13.6. The van der Waals surface area contributed by atoms with E-state index >= 15 is 0 Å². The average molecular weight is 415 g/mol. The maximum atomic E-state index is 12.7. The number of nitrogens with zero attached hydrogens (tertiary/aromatic N) is 1. The highest BCUT2D eigenvalue weighted by molar-refractivity contribution is 8.26. The Morgan fingerprint density at radius 2 is 2.14 bits per heavy atom. The smallest absolute Gasteiger partial charge is 0.379 e. The SMILES string of the molecule is O=C(Oc1ccc(/C=C2\SC(=S)N(CC3CCCO3)C2=O)cc1)c1ccco1. The molecule has 0 radical (unpaired) electrons. The third-order valence-electron chi connectivity index (χ3n) is 4.39. The molecule has 0 aliphatic carbocycles. The summed E-state index contributed by atoms with van der Waals surface area (Å²) in [5.74, 6) is -0.130. The van der Waals surface area contributed by atoms with Crippen molar-refractivity contribution in [2.24, 2.45) is 0 Å². The zero-order valence-electron chi connectivity index (χ0n) is 14.8. The van der Waals surface area contributed by atoms with Gasteiger partial charge in [-0.2, -0.15) is 0 Å². The number of carbonyl (C=O) groups is 2. The number of furan rings is 1. The molecule has 1 atom stereocenters. The molecule has 1 aromatic heterocycles. The highest BCUT2D eigenvalue weighted by atomic mass is 32.2. The van der Waals surface area contributed by atoms with E-state index in [1.54, 1.807) is 41.3 Å². The first-order valence-electron chi connectivity index (χ1n) is 8.83. The third kappa shape index (κ3) is 4.19. The molecule has 1 amide bonds. The molecule has 1 aromatic carbocycles. The van der Waals surface area contributed by atoms with E-state index < -0.39 is 5.97 Å². The number of hydrogen-bond acceptors (Lipinski definition) is 7. The fourth-order valence-corrected chi connectivity index (χ4v) is 4.26. The van der Waals surface area contributed by atoms with Crippen LogP contribution in [0.2, 0.25) is 0 Å². The Morgan fingerprint density at radius 1 is 1.32 bits per heavy atom. The van der Waals surface area contributed by atoms with Gasteiger partial charge in [-0.25, -0.2) is 4.79 Å². The molecule has 6 nitrogen and oxygen atoms in total.